The van der Waals surface area contributed by atoms with Crippen molar-refractivity contribution in [3.8, 4) is 0 Å². The van der Waals surface area contributed by atoms with Crippen LogP contribution in [0.4, 0.5) is 0 Å². The first-order chi connectivity index (χ1) is 13.2. The minimum Gasteiger partial charge on any atom is -0.350 e. The highest BCUT2D eigenvalue weighted by Crippen LogP contribution is 2.24. The number of amides is 1. The van der Waals surface area contributed by atoms with E-state index in [4.69, 9.17) is 0 Å². The number of aromatic nitrogens is 3. The molecule has 0 aromatic carbocycles. The largest absolute Gasteiger partial charge is 0.350 e. The molecule has 1 N–H and O–H groups in total. The van der Waals surface area contributed by atoms with Crippen molar-refractivity contribution in [3.63, 3.8) is 0 Å². The molecule has 0 spiro atoms. The molecule has 3 aromatic heterocycles. The van der Waals surface area contributed by atoms with E-state index >= 15 is 0 Å². The zero-order chi connectivity index (χ0) is 18.6. The molecule has 0 radical (unpaired) electrons. The number of hydrogen-bond donors (Lipinski definition) is 1. The summed E-state index contributed by atoms with van der Waals surface area (Å²) in [5.74, 6) is -0.0836. The van der Waals surface area contributed by atoms with E-state index in [1.807, 2.05) is 37.5 Å². The highest BCUT2D eigenvalue weighted by atomic mass is 16.1. The highest BCUT2D eigenvalue weighted by Gasteiger charge is 2.23. The van der Waals surface area contributed by atoms with Gasteiger partial charge in [0.1, 0.15) is 0 Å². The number of pyridine rings is 2. The summed E-state index contributed by atoms with van der Waals surface area (Å²) in [5, 5.41) is 7.44. The first kappa shape index (κ1) is 17.7. The summed E-state index contributed by atoms with van der Waals surface area (Å²) in [6.45, 7) is 4.70. The summed E-state index contributed by atoms with van der Waals surface area (Å²) in [7, 11) is 0. The number of nitrogens with one attached hydrogen (secondary N) is 1. The van der Waals surface area contributed by atoms with Crippen LogP contribution in [0.3, 0.4) is 0 Å². The second kappa shape index (κ2) is 7.88. The molecule has 1 saturated heterocycles. The lowest BCUT2D eigenvalue weighted by Gasteiger charge is -2.34. The molecule has 4 heterocycles. The Labute approximate surface area is 159 Å². The topological polar surface area (TPSA) is 62.5 Å². The van der Waals surface area contributed by atoms with Crippen LogP contribution in [0.5, 0.6) is 0 Å². The van der Waals surface area contributed by atoms with Gasteiger partial charge in [0.15, 0.2) is 0 Å². The second-order valence-electron chi connectivity index (χ2n) is 7.20. The lowest BCUT2D eigenvalue weighted by molar-refractivity contribution is 0.0926. The fourth-order valence-electron chi connectivity index (χ4n) is 3.81. The fourth-order valence-corrected chi connectivity index (χ4v) is 3.81. The van der Waals surface area contributed by atoms with Crippen LogP contribution in [0, 0.1) is 6.92 Å². The number of carbonyl (C=O) groups excluding carboxylic acids is 1. The third-order valence-electron chi connectivity index (χ3n) is 5.27. The van der Waals surface area contributed by atoms with E-state index in [0.29, 0.717) is 12.1 Å². The molecular formula is C21H25N5O. The third kappa shape index (κ3) is 3.85. The van der Waals surface area contributed by atoms with Crippen molar-refractivity contribution in [2.24, 2.45) is 0 Å². The van der Waals surface area contributed by atoms with Crippen LogP contribution < -0.4 is 5.32 Å². The Balaban J connectivity index is 1.52. The highest BCUT2D eigenvalue weighted by molar-refractivity contribution is 6.00. The zero-order valence-corrected chi connectivity index (χ0v) is 15.6. The van der Waals surface area contributed by atoms with Gasteiger partial charge in [0.25, 0.3) is 5.91 Å². The van der Waals surface area contributed by atoms with E-state index in [0.717, 1.165) is 29.7 Å². The second-order valence-corrected chi connectivity index (χ2v) is 7.20. The minimum absolute atomic E-state index is 0.0836. The van der Waals surface area contributed by atoms with E-state index < -0.39 is 0 Å². The number of rotatable bonds is 5. The van der Waals surface area contributed by atoms with Crippen LogP contribution in [-0.4, -0.2) is 45.0 Å². The van der Waals surface area contributed by atoms with Crippen LogP contribution in [0.25, 0.3) is 5.52 Å². The molecule has 3 aromatic rings. The average Bonchev–Trinajstić information content (AvgIpc) is 3.13. The molecule has 1 atom stereocenters. The average molecular weight is 363 g/mol. The maximum Gasteiger partial charge on any atom is 0.255 e. The van der Waals surface area contributed by atoms with E-state index in [1.54, 1.807) is 16.9 Å². The monoisotopic (exact) mass is 363 g/mol. The maximum absolute atomic E-state index is 12.8. The van der Waals surface area contributed by atoms with Crippen molar-refractivity contribution in [2.45, 2.75) is 32.2 Å². The number of piperidine rings is 1. The molecule has 27 heavy (non-hydrogen) atoms. The number of aryl methyl sites for hydroxylation is 1. The lowest BCUT2D eigenvalue weighted by atomic mass is 10.0. The van der Waals surface area contributed by atoms with E-state index in [1.165, 1.54) is 19.3 Å². The Kier molecular flexibility index (Phi) is 5.16. The van der Waals surface area contributed by atoms with E-state index in [-0.39, 0.29) is 11.9 Å². The van der Waals surface area contributed by atoms with Crippen LogP contribution in [0.1, 0.15) is 46.8 Å². The van der Waals surface area contributed by atoms with Crippen LogP contribution >= 0.6 is 0 Å². The summed E-state index contributed by atoms with van der Waals surface area (Å²) in [6.07, 6.45) is 11.0. The normalized spacial score (nSPS) is 16.3. The minimum atomic E-state index is -0.0836. The number of fused-ring (bicyclic) bond motifs is 1. The van der Waals surface area contributed by atoms with Crippen molar-refractivity contribution in [3.05, 3.63) is 65.7 Å². The summed E-state index contributed by atoms with van der Waals surface area (Å²) < 4.78 is 1.76. The predicted octanol–water partition coefficient (Wildman–Crippen LogP) is 2.99. The molecule has 1 amide bonds. The van der Waals surface area contributed by atoms with Gasteiger partial charge in [-0.05, 0) is 56.1 Å². The van der Waals surface area contributed by atoms with Gasteiger partial charge < -0.3 is 5.32 Å². The molecule has 4 rings (SSSR count). The Morgan fingerprint density at radius 3 is 2.81 bits per heavy atom. The standard InChI is InChI=1S/C21H25N5O/c1-16-7-8-19-18(13-24-26(19)15-16)21(27)23-14-20(17-6-5-9-22-12-17)25-10-3-2-4-11-25/h5-9,12-13,15,20H,2-4,10-11,14H2,1H3,(H,23,27). The molecule has 6 heteroatoms. The summed E-state index contributed by atoms with van der Waals surface area (Å²) >= 11 is 0. The van der Waals surface area contributed by atoms with Gasteiger partial charge in [-0.3, -0.25) is 14.7 Å². The zero-order valence-electron chi connectivity index (χ0n) is 15.6. The van der Waals surface area contributed by atoms with Gasteiger partial charge in [0.05, 0.1) is 23.3 Å². The Hall–Kier alpha value is -2.73. The molecule has 0 bridgehead atoms. The summed E-state index contributed by atoms with van der Waals surface area (Å²) in [5.41, 5.74) is 3.70. The van der Waals surface area contributed by atoms with Gasteiger partial charge >= 0.3 is 0 Å². The molecule has 140 valence electrons. The fraction of sp³-hybridized carbons (Fsp3) is 0.381. The van der Waals surface area contributed by atoms with Crippen LogP contribution in [0.15, 0.2) is 49.1 Å². The van der Waals surface area contributed by atoms with Gasteiger partial charge in [-0.2, -0.15) is 5.10 Å². The maximum atomic E-state index is 12.8. The third-order valence-corrected chi connectivity index (χ3v) is 5.27. The Morgan fingerprint density at radius 2 is 2.04 bits per heavy atom. The predicted molar refractivity (Wildman–Crippen MR) is 105 cm³/mol. The van der Waals surface area contributed by atoms with E-state index in [2.05, 4.69) is 26.4 Å². The molecule has 0 saturated carbocycles. The first-order valence-electron chi connectivity index (χ1n) is 9.58. The van der Waals surface area contributed by atoms with Crippen molar-refractivity contribution < 1.29 is 4.79 Å². The van der Waals surface area contributed by atoms with Gasteiger partial charge in [0, 0.05) is 25.1 Å². The van der Waals surface area contributed by atoms with Crippen LogP contribution in [-0.2, 0) is 0 Å². The van der Waals surface area contributed by atoms with Crippen molar-refractivity contribution in [1.82, 2.24) is 24.8 Å². The van der Waals surface area contributed by atoms with Gasteiger partial charge in [-0.25, -0.2) is 4.52 Å². The Morgan fingerprint density at radius 1 is 1.19 bits per heavy atom. The van der Waals surface area contributed by atoms with Crippen molar-refractivity contribution in [2.75, 3.05) is 19.6 Å². The van der Waals surface area contributed by atoms with Crippen molar-refractivity contribution in [1.29, 1.82) is 0 Å². The van der Waals surface area contributed by atoms with E-state index in [9.17, 15) is 4.79 Å². The smallest absolute Gasteiger partial charge is 0.255 e. The number of hydrogen-bond acceptors (Lipinski definition) is 4. The number of carbonyl (C=O) groups is 1. The van der Waals surface area contributed by atoms with Gasteiger partial charge in [0.2, 0.25) is 0 Å². The molecule has 6 nitrogen and oxygen atoms in total. The number of likely N-dealkylation sites (tertiary alicyclic amines) is 1. The quantitative estimate of drug-likeness (QED) is 0.757. The molecule has 1 fully saturated rings. The molecule has 1 unspecified atom stereocenters. The first-order valence-corrected chi connectivity index (χ1v) is 9.58. The van der Waals surface area contributed by atoms with Crippen molar-refractivity contribution >= 4 is 11.4 Å². The van der Waals surface area contributed by atoms with Crippen LogP contribution in [0.2, 0.25) is 0 Å². The molecule has 0 aliphatic carbocycles. The Bertz CT molecular complexity index is 915. The van der Waals surface area contributed by atoms with Gasteiger partial charge in [-0.15, -0.1) is 0 Å². The summed E-state index contributed by atoms with van der Waals surface area (Å²) in [4.78, 5) is 19.6. The number of nitrogens with zero attached hydrogens (tertiary/aromatic N) is 4. The van der Waals surface area contributed by atoms with Gasteiger partial charge in [-0.1, -0.05) is 18.6 Å². The SMILES string of the molecule is Cc1ccc2c(C(=O)NCC(c3cccnc3)N3CCCCC3)cnn2c1. The lowest BCUT2D eigenvalue weighted by Crippen LogP contribution is -2.40. The molecule has 1 aliphatic rings. The molecular weight excluding hydrogens is 338 g/mol. The molecule has 1 aliphatic heterocycles. The summed E-state index contributed by atoms with van der Waals surface area (Å²) in [6, 6.07) is 8.14.